The topological polar surface area (TPSA) is 112 Å². The maximum atomic E-state index is 12.8. The van der Waals surface area contributed by atoms with Crippen molar-refractivity contribution < 1.29 is 14.3 Å². The minimum atomic E-state index is -0.517. The minimum Gasteiger partial charge on any atom is -0.487 e. The van der Waals surface area contributed by atoms with Gasteiger partial charge in [-0.3, -0.25) is 19.3 Å². The molecular weight excluding hydrogens is 430 g/mol. The summed E-state index contributed by atoms with van der Waals surface area (Å²) < 4.78 is 8.01. The first-order valence-corrected chi connectivity index (χ1v) is 11.0. The fourth-order valence-corrected chi connectivity index (χ4v) is 4.05. The van der Waals surface area contributed by atoms with Crippen LogP contribution in [0.5, 0.6) is 5.75 Å². The van der Waals surface area contributed by atoms with Crippen molar-refractivity contribution in [2.24, 2.45) is 5.73 Å². The summed E-state index contributed by atoms with van der Waals surface area (Å²) in [6.07, 6.45) is 5.58. The van der Waals surface area contributed by atoms with Crippen molar-refractivity contribution in [3.63, 3.8) is 0 Å². The lowest BCUT2D eigenvalue weighted by atomic mass is 10.0. The lowest BCUT2D eigenvalue weighted by Gasteiger charge is -2.14. The van der Waals surface area contributed by atoms with Crippen LogP contribution in [0.15, 0.2) is 79.3 Å². The molecule has 3 heterocycles. The number of rotatable bonds is 7. The van der Waals surface area contributed by atoms with Gasteiger partial charge in [0.15, 0.2) is 0 Å². The molecule has 1 atom stereocenters. The molecule has 0 spiro atoms. The van der Waals surface area contributed by atoms with Gasteiger partial charge in [-0.1, -0.05) is 24.3 Å². The molecular formula is C26H23N5O3. The Bertz CT molecular complexity index is 1330. The molecule has 2 amide bonds. The number of primary amides is 1. The molecule has 1 aliphatic heterocycles. The molecule has 34 heavy (non-hydrogen) atoms. The second-order valence-electron chi connectivity index (χ2n) is 8.15. The first-order chi connectivity index (χ1) is 16.6. The predicted octanol–water partition coefficient (Wildman–Crippen LogP) is 2.83. The second-order valence-corrected chi connectivity index (χ2v) is 8.15. The number of fused-ring (bicyclic) bond motifs is 1. The molecule has 3 N–H and O–H groups in total. The van der Waals surface area contributed by atoms with E-state index in [-0.39, 0.29) is 12.0 Å². The van der Waals surface area contributed by atoms with Crippen molar-refractivity contribution in [2.75, 3.05) is 6.54 Å². The highest BCUT2D eigenvalue weighted by Crippen LogP contribution is 2.37. The number of ether oxygens (including phenoxy) is 1. The molecule has 8 heteroatoms. The number of nitrogens with zero attached hydrogens (tertiary/aromatic N) is 3. The highest BCUT2D eigenvalue weighted by molar-refractivity contribution is 5.94. The first-order valence-electron chi connectivity index (χ1n) is 11.0. The molecule has 8 nitrogen and oxygen atoms in total. The van der Waals surface area contributed by atoms with Gasteiger partial charge in [0, 0.05) is 36.1 Å². The quantitative estimate of drug-likeness (QED) is 0.447. The Morgan fingerprint density at radius 3 is 2.74 bits per heavy atom. The van der Waals surface area contributed by atoms with Crippen LogP contribution in [-0.4, -0.2) is 39.2 Å². The van der Waals surface area contributed by atoms with E-state index in [4.69, 9.17) is 10.5 Å². The van der Waals surface area contributed by atoms with Crippen LogP contribution in [0.4, 0.5) is 0 Å². The molecule has 0 bridgehead atoms. The average Bonchev–Trinajstić information content (AvgIpc) is 3.52. The molecule has 2 aromatic carbocycles. The summed E-state index contributed by atoms with van der Waals surface area (Å²) in [5.74, 6) is 0.0874. The second kappa shape index (κ2) is 9.19. The summed E-state index contributed by atoms with van der Waals surface area (Å²) in [6, 6.07) is 18.7. The van der Waals surface area contributed by atoms with E-state index < -0.39 is 5.91 Å². The lowest BCUT2D eigenvalue weighted by molar-refractivity contribution is 0.0932. The SMILES string of the molecule is NC(=O)c1ccc(-c2cccc3c2OC(CNC(=O)c2cccc(Cn4cccn4)c2)C3)nc1. The zero-order valence-electron chi connectivity index (χ0n) is 18.3. The predicted molar refractivity (Wildman–Crippen MR) is 126 cm³/mol. The molecule has 0 fully saturated rings. The van der Waals surface area contributed by atoms with Crippen LogP contribution >= 0.6 is 0 Å². The summed E-state index contributed by atoms with van der Waals surface area (Å²) in [4.78, 5) is 28.4. The number of nitrogens with two attached hydrogens (primary N) is 1. The fourth-order valence-electron chi connectivity index (χ4n) is 4.05. The third-order valence-electron chi connectivity index (χ3n) is 5.74. The zero-order chi connectivity index (χ0) is 23.5. The van der Waals surface area contributed by atoms with Gasteiger partial charge >= 0.3 is 0 Å². The number of carbonyl (C=O) groups excluding carboxylic acids is 2. The third kappa shape index (κ3) is 4.52. The van der Waals surface area contributed by atoms with Gasteiger partial charge in [-0.25, -0.2) is 0 Å². The lowest BCUT2D eigenvalue weighted by Crippen LogP contribution is -2.34. The van der Waals surface area contributed by atoms with Crippen LogP contribution in [0, 0.1) is 0 Å². The van der Waals surface area contributed by atoms with Crippen molar-refractivity contribution in [3.8, 4) is 17.0 Å². The Balaban J connectivity index is 1.24. The number of aromatic nitrogens is 3. The standard InChI is InChI=1S/C26H23N5O3/c27-25(32)20-8-9-23(28-14-20)22-7-2-5-18-13-21(34-24(18)22)15-29-26(33)19-6-1-4-17(12-19)16-31-11-3-10-30-31/h1-12,14,21H,13,15-16H2,(H2,27,32)(H,29,33). The van der Waals surface area contributed by atoms with Crippen molar-refractivity contribution in [1.82, 2.24) is 20.1 Å². The van der Waals surface area contributed by atoms with Gasteiger partial charge in [0.05, 0.1) is 24.3 Å². The molecule has 0 aliphatic carbocycles. The molecule has 1 aliphatic rings. The molecule has 0 saturated carbocycles. The van der Waals surface area contributed by atoms with Gasteiger partial charge in [0.25, 0.3) is 5.91 Å². The third-order valence-corrected chi connectivity index (χ3v) is 5.74. The number of pyridine rings is 1. The Hall–Kier alpha value is -4.46. The highest BCUT2D eigenvalue weighted by Gasteiger charge is 2.26. The van der Waals surface area contributed by atoms with Crippen LogP contribution in [0.3, 0.4) is 0 Å². The number of amides is 2. The summed E-state index contributed by atoms with van der Waals surface area (Å²) in [5.41, 5.74) is 9.85. The van der Waals surface area contributed by atoms with Gasteiger partial charge in [-0.05, 0) is 47.5 Å². The molecule has 1 unspecified atom stereocenters. The maximum Gasteiger partial charge on any atom is 0.251 e. The summed E-state index contributed by atoms with van der Waals surface area (Å²) in [7, 11) is 0. The minimum absolute atomic E-state index is 0.147. The van der Waals surface area contributed by atoms with Gasteiger partial charge < -0.3 is 15.8 Å². The average molecular weight is 454 g/mol. The maximum absolute atomic E-state index is 12.8. The van der Waals surface area contributed by atoms with Crippen molar-refractivity contribution >= 4 is 11.8 Å². The van der Waals surface area contributed by atoms with Crippen LogP contribution in [0.2, 0.25) is 0 Å². The Morgan fingerprint density at radius 2 is 1.97 bits per heavy atom. The summed E-state index contributed by atoms with van der Waals surface area (Å²) in [5, 5.41) is 7.20. The van der Waals surface area contributed by atoms with E-state index in [1.54, 1.807) is 24.4 Å². The van der Waals surface area contributed by atoms with Crippen LogP contribution in [-0.2, 0) is 13.0 Å². The monoisotopic (exact) mass is 453 g/mol. The normalized spacial score (nSPS) is 14.3. The number of benzene rings is 2. The number of hydrogen-bond acceptors (Lipinski definition) is 5. The summed E-state index contributed by atoms with van der Waals surface area (Å²) >= 11 is 0. The molecule has 4 aromatic rings. The van der Waals surface area contributed by atoms with E-state index in [1.165, 1.54) is 6.20 Å². The van der Waals surface area contributed by atoms with E-state index in [1.807, 2.05) is 53.3 Å². The van der Waals surface area contributed by atoms with Crippen molar-refractivity contribution in [3.05, 3.63) is 102 Å². The number of para-hydroxylation sites is 1. The van der Waals surface area contributed by atoms with Crippen molar-refractivity contribution in [2.45, 2.75) is 19.1 Å². The highest BCUT2D eigenvalue weighted by atomic mass is 16.5. The van der Waals surface area contributed by atoms with Gasteiger partial charge in [0.1, 0.15) is 11.9 Å². The molecule has 0 saturated heterocycles. The molecule has 0 radical (unpaired) electrons. The van der Waals surface area contributed by atoms with E-state index >= 15 is 0 Å². The van der Waals surface area contributed by atoms with Gasteiger partial charge in [0.2, 0.25) is 5.91 Å². The Morgan fingerprint density at radius 1 is 1.09 bits per heavy atom. The van der Waals surface area contributed by atoms with Crippen molar-refractivity contribution in [1.29, 1.82) is 0 Å². The Kier molecular flexibility index (Phi) is 5.78. The van der Waals surface area contributed by atoms with E-state index in [9.17, 15) is 9.59 Å². The molecule has 5 rings (SSSR count). The smallest absolute Gasteiger partial charge is 0.251 e. The van der Waals surface area contributed by atoms with Crippen LogP contribution in [0.1, 0.15) is 31.8 Å². The largest absolute Gasteiger partial charge is 0.487 e. The fraction of sp³-hybridized carbons (Fsp3) is 0.154. The molecule has 170 valence electrons. The zero-order valence-corrected chi connectivity index (χ0v) is 18.3. The van der Waals surface area contributed by atoms with Crippen LogP contribution < -0.4 is 15.8 Å². The van der Waals surface area contributed by atoms with E-state index in [0.29, 0.717) is 36.3 Å². The molecule has 2 aromatic heterocycles. The Labute approximate surface area is 196 Å². The van der Waals surface area contributed by atoms with Crippen LogP contribution in [0.25, 0.3) is 11.3 Å². The summed E-state index contributed by atoms with van der Waals surface area (Å²) in [6.45, 7) is 0.983. The van der Waals surface area contributed by atoms with E-state index in [2.05, 4.69) is 15.4 Å². The number of carbonyl (C=O) groups is 2. The van der Waals surface area contributed by atoms with Gasteiger partial charge in [-0.2, -0.15) is 5.10 Å². The number of nitrogens with one attached hydrogen (secondary N) is 1. The number of hydrogen-bond donors (Lipinski definition) is 2. The first kappa shape index (κ1) is 21.4. The van der Waals surface area contributed by atoms with E-state index in [0.717, 1.165) is 22.4 Å². The van der Waals surface area contributed by atoms with Gasteiger partial charge in [-0.15, -0.1) is 0 Å².